The van der Waals surface area contributed by atoms with Crippen molar-refractivity contribution in [2.45, 2.75) is 55.9 Å². The molecule has 1 aromatic heterocycles. The largest absolute Gasteiger partial charge is 0.494 e. The number of sulfone groups is 1. The van der Waals surface area contributed by atoms with Crippen LogP contribution in [0, 0.1) is 0 Å². The van der Waals surface area contributed by atoms with Gasteiger partial charge in [-0.1, -0.05) is 32.8 Å². The smallest absolute Gasteiger partial charge is 0.223 e. The van der Waals surface area contributed by atoms with Crippen LogP contribution in [0.5, 0.6) is 5.75 Å². The Balaban J connectivity index is 1.84. The lowest BCUT2D eigenvalue weighted by molar-refractivity contribution is 0.229. The number of ether oxygens (including phenoxy) is 1. The molecule has 0 saturated heterocycles. The molecule has 0 N–H and O–H groups in total. The summed E-state index contributed by atoms with van der Waals surface area (Å²) in [5, 5.41) is 0.0583. The van der Waals surface area contributed by atoms with Crippen LogP contribution in [0.4, 0.5) is 0 Å². The molecular weight excluding hydrogens is 372 g/mol. The molecule has 0 aliphatic rings. The highest BCUT2D eigenvalue weighted by molar-refractivity contribution is 7.91. The molecule has 6 heteroatoms. The Morgan fingerprint density at radius 1 is 0.893 bits per heavy atom. The Labute approximate surface area is 169 Å². The van der Waals surface area contributed by atoms with Crippen LogP contribution >= 0.6 is 0 Å². The minimum absolute atomic E-state index is 0.0583. The summed E-state index contributed by atoms with van der Waals surface area (Å²) in [5.41, 5.74) is 0. The SMILES string of the molecule is CCCCN(CCCC)CCCOc1ccc(S(=O)(=O)c2ccccn2)cc1. The molecule has 2 aromatic rings. The van der Waals surface area contributed by atoms with Crippen molar-refractivity contribution >= 4 is 9.84 Å². The first-order valence-electron chi connectivity index (χ1n) is 10.2. The molecule has 0 radical (unpaired) electrons. The molecule has 5 nitrogen and oxygen atoms in total. The van der Waals surface area contributed by atoms with E-state index in [2.05, 4.69) is 23.7 Å². The molecule has 0 unspecified atom stereocenters. The summed E-state index contributed by atoms with van der Waals surface area (Å²) in [7, 11) is -3.58. The first kappa shape index (κ1) is 22.4. The Morgan fingerprint density at radius 2 is 1.54 bits per heavy atom. The highest BCUT2D eigenvalue weighted by atomic mass is 32.2. The average molecular weight is 405 g/mol. The summed E-state index contributed by atoms with van der Waals surface area (Å²) in [6.07, 6.45) is 7.34. The molecular formula is C22H32N2O3S. The fourth-order valence-corrected chi connectivity index (χ4v) is 4.11. The van der Waals surface area contributed by atoms with Crippen LogP contribution in [0.25, 0.3) is 0 Å². The predicted octanol–water partition coefficient (Wildman–Crippen LogP) is 4.59. The zero-order valence-electron chi connectivity index (χ0n) is 17.0. The van der Waals surface area contributed by atoms with Gasteiger partial charge in [-0.05, 0) is 68.8 Å². The van der Waals surface area contributed by atoms with Gasteiger partial charge in [0.25, 0.3) is 0 Å². The van der Waals surface area contributed by atoms with Gasteiger partial charge in [-0.2, -0.15) is 0 Å². The Kier molecular flexibility index (Phi) is 9.44. The summed E-state index contributed by atoms with van der Waals surface area (Å²) >= 11 is 0. The minimum Gasteiger partial charge on any atom is -0.494 e. The molecule has 2 rings (SSSR count). The normalized spacial score (nSPS) is 11.7. The fraction of sp³-hybridized carbons (Fsp3) is 0.500. The predicted molar refractivity (Wildman–Crippen MR) is 112 cm³/mol. The van der Waals surface area contributed by atoms with Crippen molar-refractivity contribution in [2.24, 2.45) is 0 Å². The van der Waals surface area contributed by atoms with Crippen LogP contribution in [0.3, 0.4) is 0 Å². The number of hydrogen-bond acceptors (Lipinski definition) is 5. The molecule has 0 aliphatic carbocycles. The van der Waals surface area contributed by atoms with Crippen LogP contribution in [-0.2, 0) is 9.84 Å². The van der Waals surface area contributed by atoms with Gasteiger partial charge in [-0.3, -0.25) is 0 Å². The fourth-order valence-electron chi connectivity index (χ4n) is 2.92. The first-order chi connectivity index (χ1) is 13.6. The second-order valence-electron chi connectivity index (χ2n) is 6.89. The van der Waals surface area contributed by atoms with Crippen molar-refractivity contribution in [2.75, 3.05) is 26.2 Å². The third-order valence-corrected chi connectivity index (χ3v) is 6.28. The van der Waals surface area contributed by atoms with Crippen LogP contribution in [0.2, 0.25) is 0 Å². The van der Waals surface area contributed by atoms with Gasteiger partial charge >= 0.3 is 0 Å². The second kappa shape index (κ2) is 11.8. The summed E-state index contributed by atoms with van der Waals surface area (Å²) in [6, 6.07) is 11.4. The molecule has 0 saturated carbocycles. The zero-order chi connectivity index (χ0) is 20.2. The summed E-state index contributed by atoms with van der Waals surface area (Å²) in [4.78, 5) is 6.68. The van der Waals surface area contributed by atoms with Crippen LogP contribution in [0.15, 0.2) is 58.6 Å². The van der Waals surface area contributed by atoms with E-state index in [0.29, 0.717) is 12.4 Å². The number of pyridine rings is 1. The van der Waals surface area contributed by atoms with Crippen molar-refractivity contribution in [1.82, 2.24) is 9.88 Å². The van der Waals surface area contributed by atoms with E-state index in [4.69, 9.17) is 4.74 Å². The van der Waals surface area contributed by atoms with E-state index < -0.39 is 9.84 Å². The topological polar surface area (TPSA) is 59.5 Å². The van der Waals surface area contributed by atoms with E-state index >= 15 is 0 Å². The van der Waals surface area contributed by atoms with Crippen molar-refractivity contribution in [3.8, 4) is 5.75 Å². The van der Waals surface area contributed by atoms with Gasteiger partial charge in [0.1, 0.15) is 5.75 Å². The maximum Gasteiger partial charge on any atom is 0.223 e. The van der Waals surface area contributed by atoms with Gasteiger partial charge in [0, 0.05) is 12.7 Å². The Bertz CT molecular complexity index is 769. The van der Waals surface area contributed by atoms with Gasteiger partial charge in [0.05, 0.1) is 11.5 Å². The number of nitrogens with zero attached hydrogens (tertiary/aromatic N) is 2. The van der Waals surface area contributed by atoms with Gasteiger partial charge < -0.3 is 9.64 Å². The van der Waals surface area contributed by atoms with Crippen LogP contribution in [-0.4, -0.2) is 44.5 Å². The second-order valence-corrected chi connectivity index (χ2v) is 8.79. The molecule has 0 spiro atoms. The zero-order valence-corrected chi connectivity index (χ0v) is 17.8. The maximum atomic E-state index is 12.5. The molecule has 0 bridgehead atoms. The minimum atomic E-state index is -3.58. The van der Waals surface area contributed by atoms with Gasteiger partial charge in [0.15, 0.2) is 5.03 Å². The maximum absolute atomic E-state index is 12.5. The molecule has 154 valence electrons. The number of hydrogen-bond donors (Lipinski definition) is 0. The number of unbranched alkanes of at least 4 members (excludes halogenated alkanes) is 2. The van der Waals surface area contributed by atoms with E-state index in [1.54, 1.807) is 36.4 Å². The van der Waals surface area contributed by atoms with E-state index in [9.17, 15) is 8.42 Å². The lowest BCUT2D eigenvalue weighted by atomic mass is 10.2. The van der Waals surface area contributed by atoms with Gasteiger partial charge in [-0.25, -0.2) is 13.4 Å². The third-order valence-electron chi connectivity index (χ3n) is 4.59. The highest BCUT2D eigenvalue weighted by Crippen LogP contribution is 2.21. The van der Waals surface area contributed by atoms with E-state index in [1.165, 1.54) is 37.9 Å². The molecule has 0 atom stereocenters. The lowest BCUT2D eigenvalue weighted by Gasteiger charge is -2.21. The summed E-state index contributed by atoms with van der Waals surface area (Å²) in [6.45, 7) is 8.40. The van der Waals surface area contributed by atoms with Gasteiger partial charge in [-0.15, -0.1) is 0 Å². The van der Waals surface area contributed by atoms with Gasteiger partial charge in [0.2, 0.25) is 9.84 Å². The molecule has 28 heavy (non-hydrogen) atoms. The molecule has 0 fully saturated rings. The molecule has 1 heterocycles. The molecule has 1 aromatic carbocycles. The van der Waals surface area contributed by atoms with Crippen molar-refractivity contribution in [3.63, 3.8) is 0 Å². The van der Waals surface area contributed by atoms with Crippen molar-refractivity contribution in [3.05, 3.63) is 48.7 Å². The van der Waals surface area contributed by atoms with E-state index in [1.807, 2.05) is 0 Å². The third kappa shape index (κ3) is 6.91. The van der Waals surface area contributed by atoms with E-state index in [0.717, 1.165) is 26.1 Å². The number of benzene rings is 1. The standard InChI is InChI=1S/C22H32N2O3S/c1-3-5-16-24(17-6-4-2)18-9-19-27-20-11-13-21(14-12-20)28(25,26)22-10-7-8-15-23-22/h7-8,10-15H,3-6,9,16-19H2,1-2H3. The molecule has 0 aliphatic heterocycles. The van der Waals surface area contributed by atoms with Crippen LogP contribution in [0.1, 0.15) is 46.0 Å². The summed E-state index contributed by atoms with van der Waals surface area (Å²) in [5.74, 6) is 0.689. The van der Waals surface area contributed by atoms with Crippen molar-refractivity contribution in [1.29, 1.82) is 0 Å². The Morgan fingerprint density at radius 3 is 2.11 bits per heavy atom. The molecule has 0 amide bonds. The van der Waals surface area contributed by atoms with Crippen molar-refractivity contribution < 1.29 is 13.2 Å². The quantitative estimate of drug-likeness (QED) is 0.457. The number of rotatable bonds is 13. The average Bonchev–Trinajstić information content (AvgIpc) is 2.73. The number of aromatic nitrogens is 1. The Hall–Kier alpha value is -1.92. The monoisotopic (exact) mass is 404 g/mol. The lowest BCUT2D eigenvalue weighted by Crippen LogP contribution is -2.28. The van der Waals surface area contributed by atoms with E-state index in [-0.39, 0.29) is 9.92 Å². The van der Waals surface area contributed by atoms with Crippen LogP contribution < -0.4 is 4.74 Å². The highest BCUT2D eigenvalue weighted by Gasteiger charge is 2.18. The summed E-state index contributed by atoms with van der Waals surface area (Å²) < 4.78 is 30.9. The first-order valence-corrected chi connectivity index (χ1v) is 11.7.